The minimum absolute atomic E-state index is 0.0425. The van der Waals surface area contributed by atoms with Crippen LogP contribution in [0, 0.1) is 15.9 Å². The van der Waals surface area contributed by atoms with Crippen LogP contribution in [0.4, 0.5) is 21.5 Å². The van der Waals surface area contributed by atoms with E-state index in [-0.39, 0.29) is 11.6 Å². The highest BCUT2D eigenvalue weighted by atomic mass is 19.1. The Hall–Kier alpha value is -3.16. The van der Waals surface area contributed by atoms with Gasteiger partial charge in [-0.1, -0.05) is 31.0 Å². The minimum atomic E-state index is -0.546. The van der Waals surface area contributed by atoms with E-state index in [9.17, 15) is 19.3 Å². The molecule has 0 bridgehead atoms. The number of carbonyl (C=O) groups excluding carboxylic acids is 1. The first kappa shape index (κ1) is 21.1. The van der Waals surface area contributed by atoms with Crippen LogP contribution in [-0.2, 0) is 0 Å². The van der Waals surface area contributed by atoms with Crippen LogP contribution in [0.3, 0.4) is 0 Å². The average Bonchev–Trinajstić information content (AvgIpc) is 3.08. The first-order chi connectivity index (χ1) is 15.0. The van der Waals surface area contributed by atoms with Crippen molar-refractivity contribution in [3.63, 3.8) is 0 Å². The highest BCUT2D eigenvalue weighted by molar-refractivity contribution is 5.94. The summed E-state index contributed by atoms with van der Waals surface area (Å²) in [7, 11) is 0. The van der Waals surface area contributed by atoms with Crippen molar-refractivity contribution in [3.05, 3.63) is 64.0 Å². The van der Waals surface area contributed by atoms with Crippen LogP contribution in [-0.4, -0.2) is 55.0 Å². The fourth-order valence-corrected chi connectivity index (χ4v) is 4.41. The highest BCUT2D eigenvalue weighted by Crippen LogP contribution is 2.36. The molecule has 0 aliphatic carbocycles. The van der Waals surface area contributed by atoms with Crippen molar-refractivity contribution >= 4 is 23.0 Å². The molecule has 2 fully saturated rings. The maximum absolute atomic E-state index is 14.8. The van der Waals surface area contributed by atoms with E-state index in [4.69, 9.17) is 0 Å². The Morgan fingerprint density at radius 3 is 2.06 bits per heavy atom. The van der Waals surface area contributed by atoms with Crippen molar-refractivity contribution in [1.82, 2.24) is 4.90 Å². The van der Waals surface area contributed by atoms with Gasteiger partial charge in [0.2, 0.25) is 0 Å². The van der Waals surface area contributed by atoms with E-state index in [2.05, 4.69) is 0 Å². The van der Waals surface area contributed by atoms with E-state index in [1.807, 2.05) is 28.0 Å². The summed E-state index contributed by atoms with van der Waals surface area (Å²) in [6.45, 7) is 3.36. The Morgan fingerprint density at radius 1 is 0.839 bits per heavy atom. The van der Waals surface area contributed by atoms with Crippen molar-refractivity contribution in [2.75, 3.05) is 49.1 Å². The molecule has 0 spiro atoms. The molecule has 0 saturated carbocycles. The van der Waals surface area contributed by atoms with Crippen LogP contribution in [0.2, 0.25) is 0 Å². The molecule has 0 unspecified atom stereocenters. The summed E-state index contributed by atoms with van der Waals surface area (Å²) in [5, 5.41) is 11.7. The Kier molecular flexibility index (Phi) is 6.34. The van der Waals surface area contributed by atoms with Crippen LogP contribution in [0.15, 0.2) is 42.5 Å². The molecule has 8 heteroatoms. The summed E-state index contributed by atoms with van der Waals surface area (Å²) >= 11 is 0. The number of benzene rings is 2. The zero-order chi connectivity index (χ0) is 21.8. The monoisotopic (exact) mass is 426 g/mol. The Balaban J connectivity index is 1.55. The largest absolute Gasteiger partial charge is 0.369 e. The van der Waals surface area contributed by atoms with Gasteiger partial charge in [0.1, 0.15) is 5.69 Å². The highest BCUT2D eigenvalue weighted by Gasteiger charge is 2.29. The third kappa shape index (κ3) is 4.62. The molecule has 4 rings (SSSR count). The predicted molar refractivity (Wildman–Crippen MR) is 118 cm³/mol. The minimum Gasteiger partial charge on any atom is -0.369 e. The smallest absolute Gasteiger partial charge is 0.295 e. The lowest BCUT2D eigenvalue weighted by atomic mass is 10.1. The van der Waals surface area contributed by atoms with Crippen molar-refractivity contribution in [2.45, 2.75) is 25.7 Å². The van der Waals surface area contributed by atoms with Gasteiger partial charge in [-0.05, 0) is 31.0 Å². The molecule has 164 valence electrons. The normalized spacial score (nSPS) is 17.4. The van der Waals surface area contributed by atoms with Crippen LogP contribution in [0.5, 0.6) is 0 Å². The molecule has 0 N–H and O–H groups in total. The van der Waals surface area contributed by atoms with Crippen LogP contribution in [0.25, 0.3) is 0 Å². The summed E-state index contributed by atoms with van der Waals surface area (Å²) in [6.07, 6.45) is 4.22. The van der Waals surface area contributed by atoms with Crippen molar-refractivity contribution < 1.29 is 14.1 Å². The molecule has 7 nitrogen and oxygen atoms in total. The summed E-state index contributed by atoms with van der Waals surface area (Å²) in [4.78, 5) is 29.5. The van der Waals surface area contributed by atoms with Gasteiger partial charge in [0.05, 0.1) is 16.7 Å². The topological polar surface area (TPSA) is 69.9 Å². The molecule has 2 aromatic carbocycles. The van der Waals surface area contributed by atoms with Crippen molar-refractivity contribution in [3.8, 4) is 0 Å². The first-order valence-electron chi connectivity index (χ1n) is 10.9. The lowest BCUT2D eigenvalue weighted by molar-refractivity contribution is -0.384. The third-order valence-electron chi connectivity index (χ3n) is 6.12. The summed E-state index contributed by atoms with van der Waals surface area (Å²) in [6, 6.07) is 11.8. The van der Waals surface area contributed by atoms with Gasteiger partial charge < -0.3 is 14.7 Å². The number of piperazine rings is 1. The van der Waals surface area contributed by atoms with E-state index >= 15 is 0 Å². The molecular weight excluding hydrogens is 399 g/mol. The lowest BCUT2D eigenvalue weighted by Gasteiger charge is -2.36. The van der Waals surface area contributed by atoms with Gasteiger partial charge in [0.15, 0.2) is 5.82 Å². The Labute approximate surface area is 181 Å². The summed E-state index contributed by atoms with van der Waals surface area (Å²) in [5.41, 5.74) is 1.27. The lowest BCUT2D eigenvalue weighted by Crippen LogP contribution is -2.49. The Bertz CT molecular complexity index is 937. The number of amides is 1. The molecule has 0 atom stereocenters. The molecule has 2 aliphatic rings. The number of halogens is 1. The van der Waals surface area contributed by atoms with Crippen LogP contribution in [0.1, 0.15) is 36.0 Å². The quantitative estimate of drug-likeness (QED) is 0.544. The van der Waals surface area contributed by atoms with E-state index in [1.165, 1.54) is 0 Å². The van der Waals surface area contributed by atoms with Gasteiger partial charge in [-0.3, -0.25) is 14.9 Å². The van der Waals surface area contributed by atoms with Gasteiger partial charge in [-0.25, -0.2) is 4.39 Å². The summed E-state index contributed by atoms with van der Waals surface area (Å²) in [5.74, 6) is -0.589. The zero-order valence-corrected chi connectivity index (χ0v) is 17.5. The number of nitro benzene ring substituents is 1. The number of rotatable bonds is 4. The molecule has 0 radical (unpaired) electrons. The second kappa shape index (κ2) is 9.32. The zero-order valence-electron chi connectivity index (χ0n) is 17.5. The molecule has 2 aliphatic heterocycles. The van der Waals surface area contributed by atoms with Gasteiger partial charge in [0, 0.05) is 44.8 Å². The van der Waals surface area contributed by atoms with Gasteiger partial charge in [-0.2, -0.15) is 0 Å². The number of nitro groups is 1. The van der Waals surface area contributed by atoms with E-state index < -0.39 is 10.7 Å². The average molecular weight is 426 g/mol. The standard InChI is InChI=1S/C23H27FN4O3/c24-19-16-22(28(30)31)21(17-20(19)25-10-6-1-2-7-11-25)26-12-14-27(15-13-26)23(29)18-8-4-3-5-9-18/h3-5,8-9,16-17H,1-2,6-7,10-15H2. The SMILES string of the molecule is O=C(c1ccccc1)N1CCN(c2cc(N3CCCCCC3)c(F)cc2[N+](=O)[O-])CC1. The van der Waals surface area contributed by atoms with Gasteiger partial charge in [0.25, 0.3) is 11.6 Å². The molecular formula is C23H27FN4O3. The Morgan fingerprint density at radius 2 is 1.45 bits per heavy atom. The van der Waals surface area contributed by atoms with E-state index in [0.717, 1.165) is 44.8 Å². The maximum atomic E-state index is 14.8. The maximum Gasteiger partial charge on any atom is 0.295 e. The number of anilines is 2. The molecule has 31 heavy (non-hydrogen) atoms. The number of nitrogens with zero attached hydrogens (tertiary/aromatic N) is 4. The van der Waals surface area contributed by atoms with Gasteiger partial charge >= 0.3 is 0 Å². The second-order valence-electron chi connectivity index (χ2n) is 8.10. The molecule has 2 saturated heterocycles. The fourth-order valence-electron chi connectivity index (χ4n) is 4.41. The number of hydrogen-bond acceptors (Lipinski definition) is 5. The molecule has 1 amide bonds. The molecule has 2 aromatic rings. The van der Waals surface area contributed by atoms with Crippen LogP contribution >= 0.6 is 0 Å². The van der Waals surface area contributed by atoms with Crippen molar-refractivity contribution in [2.24, 2.45) is 0 Å². The summed E-state index contributed by atoms with van der Waals surface area (Å²) < 4.78 is 14.8. The number of carbonyl (C=O) groups is 1. The second-order valence-corrected chi connectivity index (χ2v) is 8.10. The fraction of sp³-hybridized carbons (Fsp3) is 0.435. The van der Waals surface area contributed by atoms with Crippen LogP contribution < -0.4 is 9.80 Å². The van der Waals surface area contributed by atoms with E-state index in [1.54, 1.807) is 23.1 Å². The van der Waals surface area contributed by atoms with Gasteiger partial charge in [-0.15, -0.1) is 0 Å². The van der Waals surface area contributed by atoms with E-state index in [0.29, 0.717) is 43.1 Å². The molecule has 0 aromatic heterocycles. The first-order valence-corrected chi connectivity index (χ1v) is 10.9. The van der Waals surface area contributed by atoms with Crippen molar-refractivity contribution in [1.29, 1.82) is 0 Å². The molecule has 2 heterocycles. The third-order valence-corrected chi connectivity index (χ3v) is 6.12. The predicted octanol–water partition coefficient (Wildman–Crippen LogP) is 4.08. The number of hydrogen-bond donors (Lipinski definition) is 0.